The van der Waals surface area contributed by atoms with Crippen molar-refractivity contribution in [3.8, 4) is 5.75 Å². The molecule has 0 aliphatic heterocycles. The van der Waals surface area contributed by atoms with Gasteiger partial charge in [0, 0.05) is 12.4 Å². The van der Waals surface area contributed by atoms with Crippen molar-refractivity contribution in [3.63, 3.8) is 0 Å². The second kappa shape index (κ2) is 8.72. The van der Waals surface area contributed by atoms with Crippen LogP contribution >= 0.6 is 0 Å². The summed E-state index contributed by atoms with van der Waals surface area (Å²) in [5, 5.41) is 13.8. The van der Waals surface area contributed by atoms with E-state index in [1.54, 1.807) is 24.3 Å². The Morgan fingerprint density at radius 2 is 1.75 bits per heavy atom. The Kier molecular flexibility index (Phi) is 6.37. The van der Waals surface area contributed by atoms with Gasteiger partial charge in [0.15, 0.2) is 0 Å². The number of nitrogens with one attached hydrogen (secondary N) is 1. The van der Waals surface area contributed by atoms with Crippen LogP contribution in [0.1, 0.15) is 30.5 Å². The lowest BCUT2D eigenvalue weighted by atomic mass is 10.0. The molecule has 2 rings (SSSR count). The number of ether oxygens (including phenoxy) is 1. The molecule has 2 aromatic rings. The van der Waals surface area contributed by atoms with Gasteiger partial charge in [0.2, 0.25) is 5.91 Å². The first-order chi connectivity index (χ1) is 11.6. The van der Waals surface area contributed by atoms with Crippen LogP contribution in [0.2, 0.25) is 0 Å². The molecule has 0 bridgehead atoms. The summed E-state index contributed by atoms with van der Waals surface area (Å²) >= 11 is 0. The smallest absolute Gasteiger partial charge is 0.224 e. The zero-order valence-corrected chi connectivity index (χ0v) is 13.5. The highest BCUT2D eigenvalue weighted by Gasteiger charge is 2.15. The van der Waals surface area contributed by atoms with Crippen molar-refractivity contribution < 1.29 is 19.4 Å². The average molecular weight is 326 g/mol. The van der Waals surface area contributed by atoms with E-state index in [1.165, 1.54) is 0 Å². The maximum absolute atomic E-state index is 12.2. The standard InChI is InChI=1S/C19H21NO4/c1-2-24-16-10-8-15(9-11-16)17(13-19(22)23)20-18(21)12-14-6-4-3-5-7-14/h3-11,17H,2,12-13H2,1H3,(H,20,21)(H,22,23)/p-1. The van der Waals surface area contributed by atoms with Crippen LogP contribution in [0.5, 0.6) is 5.75 Å². The van der Waals surface area contributed by atoms with Gasteiger partial charge < -0.3 is 20.0 Å². The molecule has 0 saturated carbocycles. The van der Waals surface area contributed by atoms with Crippen molar-refractivity contribution in [3.05, 3.63) is 65.7 Å². The van der Waals surface area contributed by atoms with Crippen molar-refractivity contribution in [2.24, 2.45) is 0 Å². The third-order valence-electron chi connectivity index (χ3n) is 3.51. The minimum Gasteiger partial charge on any atom is -0.550 e. The molecule has 0 aromatic heterocycles. The second-order valence-corrected chi connectivity index (χ2v) is 5.36. The van der Waals surface area contributed by atoms with Gasteiger partial charge in [0.25, 0.3) is 0 Å². The lowest BCUT2D eigenvalue weighted by molar-refractivity contribution is -0.306. The van der Waals surface area contributed by atoms with Crippen molar-refractivity contribution >= 4 is 11.9 Å². The third-order valence-corrected chi connectivity index (χ3v) is 3.51. The highest BCUT2D eigenvalue weighted by Crippen LogP contribution is 2.20. The highest BCUT2D eigenvalue weighted by atomic mass is 16.5. The van der Waals surface area contributed by atoms with E-state index < -0.39 is 12.0 Å². The summed E-state index contributed by atoms with van der Waals surface area (Å²) in [6, 6.07) is 15.7. The topological polar surface area (TPSA) is 78.5 Å². The molecule has 5 nitrogen and oxygen atoms in total. The van der Waals surface area contributed by atoms with Gasteiger partial charge in [-0.3, -0.25) is 4.79 Å². The first-order valence-electron chi connectivity index (χ1n) is 7.84. The van der Waals surface area contributed by atoms with Gasteiger partial charge in [0.05, 0.1) is 19.1 Å². The van der Waals surface area contributed by atoms with E-state index in [2.05, 4.69) is 5.32 Å². The Morgan fingerprint density at radius 1 is 1.08 bits per heavy atom. The number of amides is 1. The van der Waals surface area contributed by atoms with Gasteiger partial charge >= 0.3 is 0 Å². The van der Waals surface area contributed by atoms with E-state index in [-0.39, 0.29) is 18.7 Å². The summed E-state index contributed by atoms with van der Waals surface area (Å²) in [7, 11) is 0. The normalized spacial score (nSPS) is 11.5. The van der Waals surface area contributed by atoms with Crippen LogP contribution in [0.4, 0.5) is 0 Å². The van der Waals surface area contributed by atoms with Crippen molar-refractivity contribution in [2.75, 3.05) is 6.61 Å². The number of aliphatic carboxylic acids is 1. The Labute approximate surface area is 141 Å². The molecule has 1 N–H and O–H groups in total. The number of rotatable bonds is 8. The molecular weight excluding hydrogens is 306 g/mol. The van der Waals surface area contributed by atoms with E-state index in [4.69, 9.17) is 4.74 Å². The molecule has 1 unspecified atom stereocenters. The number of hydrogen-bond donors (Lipinski definition) is 1. The molecular formula is C19H20NO4-. The second-order valence-electron chi connectivity index (χ2n) is 5.36. The SMILES string of the molecule is CCOc1ccc(C(CC(=O)[O-])NC(=O)Cc2ccccc2)cc1. The van der Waals surface area contributed by atoms with Crippen molar-refractivity contribution in [2.45, 2.75) is 25.8 Å². The van der Waals surface area contributed by atoms with E-state index in [0.29, 0.717) is 17.9 Å². The fourth-order valence-corrected chi connectivity index (χ4v) is 2.41. The minimum absolute atomic E-state index is 0.196. The molecule has 126 valence electrons. The zero-order chi connectivity index (χ0) is 17.4. The average Bonchev–Trinajstić information content (AvgIpc) is 2.56. The van der Waals surface area contributed by atoms with Gasteiger partial charge in [-0.05, 0) is 30.2 Å². The van der Waals surface area contributed by atoms with Gasteiger partial charge in [-0.1, -0.05) is 42.5 Å². The number of carboxylic acid groups (broad SMARTS) is 1. The van der Waals surface area contributed by atoms with E-state index in [1.807, 2.05) is 37.3 Å². The summed E-state index contributed by atoms with van der Waals surface area (Å²) < 4.78 is 5.37. The quantitative estimate of drug-likeness (QED) is 0.799. The highest BCUT2D eigenvalue weighted by molar-refractivity contribution is 5.79. The third kappa shape index (κ3) is 5.43. The van der Waals surface area contributed by atoms with Crippen LogP contribution in [-0.4, -0.2) is 18.5 Å². The molecule has 0 aliphatic rings. The summed E-state index contributed by atoms with van der Waals surface area (Å²) in [4.78, 5) is 23.2. The van der Waals surface area contributed by atoms with Gasteiger partial charge in [-0.2, -0.15) is 0 Å². The van der Waals surface area contributed by atoms with Crippen LogP contribution in [0.25, 0.3) is 0 Å². The Morgan fingerprint density at radius 3 is 2.33 bits per heavy atom. The van der Waals surface area contributed by atoms with E-state index in [0.717, 1.165) is 5.56 Å². The maximum atomic E-state index is 12.2. The number of benzene rings is 2. The summed E-state index contributed by atoms with van der Waals surface area (Å²) in [6.45, 7) is 2.44. The molecule has 0 radical (unpaired) electrons. The Bertz CT molecular complexity index is 668. The lowest BCUT2D eigenvalue weighted by Gasteiger charge is -2.20. The maximum Gasteiger partial charge on any atom is 0.224 e. The van der Waals surface area contributed by atoms with Crippen LogP contribution < -0.4 is 15.2 Å². The fraction of sp³-hybridized carbons (Fsp3) is 0.263. The molecule has 24 heavy (non-hydrogen) atoms. The number of hydrogen-bond acceptors (Lipinski definition) is 4. The fourth-order valence-electron chi connectivity index (χ4n) is 2.41. The molecule has 5 heteroatoms. The molecule has 2 aromatic carbocycles. The van der Waals surface area contributed by atoms with Crippen LogP contribution in [0.3, 0.4) is 0 Å². The zero-order valence-electron chi connectivity index (χ0n) is 13.5. The number of carboxylic acids is 1. The minimum atomic E-state index is -1.21. The first-order valence-corrected chi connectivity index (χ1v) is 7.84. The predicted molar refractivity (Wildman–Crippen MR) is 88.3 cm³/mol. The molecule has 0 fully saturated rings. The molecule has 0 heterocycles. The number of carbonyl (C=O) groups excluding carboxylic acids is 2. The molecule has 0 spiro atoms. The summed E-state index contributed by atoms with van der Waals surface area (Å²) in [5.74, 6) is -0.751. The first kappa shape index (κ1) is 17.5. The van der Waals surface area contributed by atoms with Crippen LogP contribution in [-0.2, 0) is 16.0 Å². The lowest BCUT2D eigenvalue weighted by Crippen LogP contribution is -2.35. The van der Waals surface area contributed by atoms with E-state index >= 15 is 0 Å². The van der Waals surface area contributed by atoms with Crippen molar-refractivity contribution in [1.82, 2.24) is 5.32 Å². The molecule has 0 aliphatic carbocycles. The van der Waals surface area contributed by atoms with Gasteiger partial charge in [-0.15, -0.1) is 0 Å². The predicted octanol–water partition coefficient (Wildman–Crippen LogP) is 1.63. The molecule has 1 atom stereocenters. The van der Waals surface area contributed by atoms with Gasteiger partial charge in [0.1, 0.15) is 5.75 Å². The van der Waals surface area contributed by atoms with Gasteiger partial charge in [-0.25, -0.2) is 0 Å². The van der Waals surface area contributed by atoms with E-state index in [9.17, 15) is 14.7 Å². The number of carbonyl (C=O) groups is 2. The Balaban J connectivity index is 2.07. The Hall–Kier alpha value is -2.82. The molecule has 1 amide bonds. The van der Waals surface area contributed by atoms with Crippen molar-refractivity contribution in [1.29, 1.82) is 0 Å². The van der Waals surface area contributed by atoms with Crippen LogP contribution in [0, 0.1) is 0 Å². The monoisotopic (exact) mass is 326 g/mol. The summed E-state index contributed by atoms with van der Waals surface area (Å²) in [5.41, 5.74) is 1.57. The van der Waals surface area contributed by atoms with Crippen LogP contribution in [0.15, 0.2) is 54.6 Å². The largest absolute Gasteiger partial charge is 0.550 e. The summed E-state index contributed by atoms with van der Waals surface area (Å²) in [6.07, 6.45) is -0.0874. The molecule has 0 saturated heterocycles.